The van der Waals surface area contributed by atoms with Crippen molar-refractivity contribution in [3.63, 3.8) is 0 Å². The summed E-state index contributed by atoms with van der Waals surface area (Å²) in [6, 6.07) is 9.33. The lowest BCUT2D eigenvalue weighted by Crippen LogP contribution is -2.72. The van der Waals surface area contributed by atoms with E-state index in [2.05, 4.69) is 85.4 Å². The van der Waals surface area contributed by atoms with Gasteiger partial charge in [-0.25, -0.2) is 0 Å². The summed E-state index contributed by atoms with van der Waals surface area (Å²) >= 11 is 0. The van der Waals surface area contributed by atoms with E-state index in [1.165, 1.54) is 30.3 Å². The second-order valence-corrected chi connectivity index (χ2v) is 13.3. The molecule has 5 saturated heterocycles. The first kappa shape index (κ1) is 28.5. The van der Waals surface area contributed by atoms with Crippen LogP contribution in [0.4, 0.5) is 5.69 Å². The Balaban J connectivity index is 1.02. The standard InChI is InChI=1S/C32H45N9O3/c1-37-13-6-7-23(19-37)38-16-12-21-17-22(8-9-25(21)38)34-32-33-18-24-29(36-32)41-27-11-10-26-30(35-27)39(28(42)20-44-26)14-4-2-3-5-15-40(41)31(24)43/h3,5,8-9,12,16-17,23-24,26-27,29-30,32-36H,2,4,6-7,10-11,13-15,18-20H2,1H3/b5-3-. The highest BCUT2D eigenvalue weighted by atomic mass is 16.5. The maximum Gasteiger partial charge on any atom is 0.249 e. The highest BCUT2D eigenvalue weighted by Crippen LogP contribution is 2.34. The van der Waals surface area contributed by atoms with Crippen LogP contribution >= 0.6 is 0 Å². The second kappa shape index (κ2) is 11.7. The van der Waals surface area contributed by atoms with E-state index >= 15 is 0 Å². The van der Waals surface area contributed by atoms with Gasteiger partial charge in [-0.15, -0.1) is 0 Å². The molecule has 44 heavy (non-hydrogen) atoms. The molecule has 12 heteroatoms. The van der Waals surface area contributed by atoms with Crippen LogP contribution in [0.3, 0.4) is 0 Å². The van der Waals surface area contributed by atoms with Gasteiger partial charge in [0.25, 0.3) is 0 Å². The molecule has 2 aromatic rings. The largest absolute Gasteiger partial charge is 0.365 e. The molecule has 1 aromatic carbocycles. The van der Waals surface area contributed by atoms with Crippen molar-refractivity contribution in [2.24, 2.45) is 5.92 Å². The fourth-order valence-corrected chi connectivity index (χ4v) is 8.28. The Labute approximate surface area is 258 Å². The molecule has 7 atom stereocenters. The monoisotopic (exact) mass is 603 g/mol. The number of hydrogen-bond acceptors (Lipinski definition) is 9. The topological polar surface area (TPSA) is 109 Å². The van der Waals surface area contributed by atoms with Crippen molar-refractivity contribution in [3.05, 3.63) is 42.6 Å². The number of benzene rings is 1. The summed E-state index contributed by atoms with van der Waals surface area (Å²) in [6.45, 7) is 4.24. The van der Waals surface area contributed by atoms with Gasteiger partial charge >= 0.3 is 0 Å². The SMILES string of the molecule is CN1CCCC(n2ccc3cc(NC4NCC5C(=O)N6C/C=C\CCCN7C(=O)COC8CCC(NC87)N6C5N4)ccc32)C1. The first-order valence-electron chi connectivity index (χ1n) is 16.5. The molecule has 8 rings (SSSR count). The van der Waals surface area contributed by atoms with Crippen molar-refractivity contribution in [1.82, 2.24) is 40.3 Å². The molecular formula is C32H45N9O3. The van der Waals surface area contributed by atoms with Gasteiger partial charge in [-0.1, -0.05) is 12.2 Å². The Hall–Kier alpha value is -3.00. The average Bonchev–Trinajstić information content (AvgIpc) is 3.57. The van der Waals surface area contributed by atoms with E-state index in [1.807, 2.05) is 9.91 Å². The summed E-state index contributed by atoms with van der Waals surface area (Å²) in [5.74, 6) is -0.0464. The number of nitrogens with one attached hydrogen (secondary N) is 4. The minimum absolute atomic E-state index is 0.0239. The molecular weight excluding hydrogens is 558 g/mol. The third-order valence-corrected chi connectivity index (χ3v) is 10.5. The molecule has 0 aliphatic carbocycles. The number of amides is 2. The summed E-state index contributed by atoms with van der Waals surface area (Å²) in [6.07, 6.45) is 11.7. The van der Waals surface area contributed by atoms with Crippen molar-refractivity contribution >= 4 is 28.4 Å². The van der Waals surface area contributed by atoms with Gasteiger partial charge in [-0.2, -0.15) is 5.01 Å². The normalized spacial score (nSPS) is 36.0. The zero-order chi connectivity index (χ0) is 29.8. The van der Waals surface area contributed by atoms with Gasteiger partial charge < -0.3 is 24.4 Å². The van der Waals surface area contributed by atoms with Crippen LogP contribution in [0.25, 0.3) is 10.9 Å². The molecule has 0 radical (unpaired) electrons. The number of likely N-dealkylation sites (N-methyl/N-ethyl adjacent to an activating group) is 1. The number of rotatable bonds is 3. The Kier molecular flexibility index (Phi) is 7.59. The predicted molar refractivity (Wildman–Crippen MR) is 167 cm³/mol. The molecule has 236 valence electrons. The van der Waals surface area contributed by atoms with Crippen molar-refractivity contribution < 1.29 is 14.3 Å². The van der Waals surface area contributed by atoms with E-state index in [9.17, 15) is 9.59 Å². The Morgan fingerprint density at radius 1 is 1.00 bits per heavy atom. The van der Waals surface area contributed by atoms with E-state index in [0.29, 0.717) is 25.7 Å². The number of carbonyl (C=O) groups is 2. The number of hydrazine groups is 1. The van der Waals surface area contributed by atoms with Crippen molar-refractivity contribution in [2.45, 2.75) is 75.5 Å². The molecule has 4 N–H and O–H groups in total. The van der Waals surface area contributed by atoms with E-state index < -0.39 is 0 Å². The van der Waals surface area contributed by atoms with Crippen LogP contribution in [-0.4, -0.2) is 113 Å². The summed E-state index contributed by atoms with van der Waals surface area (Å²) in [5.41, 5.74) is 2.30. The van der Waals surface area contributed by atoms with E-state index in [0.717, 1.165) is 37.9 Å². The molecule has 0 saturated carbocycles. The fourth-order valence-electron chi connectivity index (χ4n) is 8.28. The van der Waals surface area contributed by atoms with Crippen molar-refractivity contribution in [2.75, 3.05) is 51.7 Å². The molecule has 6 aliphatic rings. The molecule has 6 aliphatic heterocycles. The van der Waals surface area contributed by atoms with Gasteiger partial charge in [0.1, 0.15) is 19.1 Å². The number of likely N-dealkylation sites (tertiary alicyclic amines) is 1. The number of aromatic nitrogens is 1. The number of piperidine rings is 2. The quantitative estimate of drug-likeness (QED) is 0.388. The molecule has 7 unspecified atom stereocenters. The molecule has 7 heterocycles. The maximum absolute atomic E-state index is 13.8. The number of ether oxygens (including phenoxy) is 1. The Morgan fingerprint density at radius 3 is 2.84 bits per heavy atom. The summed E-state index contributed by atoms with van der Waals surface area (Å²) < 4.78 is 8.40. The minimum Gasteiger partial charge on any atom is -0.365 e. The Morgan fingerprint density at radius 2 is 1.93 bits per heavy atom. The number of morpholine rings is 1. The van der Waals surface area contributed by atoms with Crippen LogP contribution in [0.2, 0.25) is 0 Å². The molecule has 12 nitrogen and oxygen atoms in total. The fraction of sp³-hybridized carbons (Fsp3) is 0.625. The maximum atomic E-state index is 13.8. The number of hydrogen-bond donors (Lipinski definition) is 4. The Bertz CT molecular complexity index is 1430. The molecule has 2 amide bonds. The average molecular weight is 604 g/mol. The molecule has 5 fully saturated rings. The molecule has 1 aromatic heterocycles. The predicted octanol–water partition coefficient (Wildman–Crippen LogP) is 1.41. The van der Waals surface area contributed by atoms with Crippen LogP contribution in [0.5, 0.6) is 0 Å². The summed E-state index contributed by atoms with van der Waals surface area (Å²) in [5, 5.41) is 20.0. The lowest BCUT2D eigenvalue weighted by atomic mass is 9.99. The van der Waals surface area contributed by atoms with E-state index in [-0.39, 0.29) is 55.2 Å². The number of fused-ring (bicyclic) bond motifs is 6. The second-order valence-electron chi connectivity index (χ2n) is 13.3. The van der Waals surface area contributed by atoms with Crippen LogP contribution in [0, 0.1) is 5.92 Å². The van der Waals surface area contributed by atoms with Crippen molar-refractivity contribution in [3.8, 4) is 0 Å². The molecule has 0 spiro atoms. The number of allylic oxidation sites excluding steroid dienone is 1. The first-order valence-corrected chi connectivity index (χ1v) is 16.5. The number of carbonyl (C=O) groups excluding carboxylic acids is 2. The van der Waals surface area contributed by atoms with Gasteiger partial charge in [0, 0.05) is 48.5 Å². The minimum atomic E-state index is -0.212. The van der Waals surface area contributed by atoms with Crippen LogP contribution < -0.4 is 21.3 Å². The van der Waals surface area contributed by atoms with Gasteiger partial charge in [0.05, 0.1) is 30.9 Å². The first-order chi connectivity index (χ1) is 21.5. The van der Waals surface area contributed by atoms with Gasteiger partial charge in [-0.05, 0) is 76.4 Å². The summed E-state index contributed by atoms with van der Waals surface area (Å²) in [4.78, 5) is 31.0. The van der Waals surface area contributed by atoms with Gasteiger partial charge in [-0.3, -0.25) is 30.5 Å². The van der Waals surface area contributed by atoms with E-state index in [4.69, 9.17) is 4.74 Å². The smallest absolute Gasteiger partial charge is 0.249 e. The third kappa shape index (κ3) is 5.11. The highest BCUT2D eigenvalue weighted by Gasteiger charge is 2.53. The summed E-state index contributed by atoms with van der Waals surface area (Å²) in [7, 11) is 2.21. The zero-order valence-corrected chi connectivity index (χ0v) is 25.5. The number of anilines is 1. The number of nitrogens with zero attached hydrogens (tertiary/aromatic N) is 5. The van der Waals surface area contributed by atoms with Gasteiger partial charge in [0.15, 0.2) is 0 Å². The van der Waals surface area contributed by atoms with Gasteiger partial charge in [0.2, 0.25) is 11.8 Å². The van der Waals surface area contributed by atoms with Crippen LogP contribution in [0.15, 0.2) is 42.6 Å². The lowest BCUT2D eigenvalue weighted by Gasteiger charge is -2.50. The zero-order valence-electron chi connectivity index (χ0n) is 25.5. The lowest BCUT2D eigenvalue weighted by molar-refractivity contribution is -0.176. The third-order valence-electron chi connectivity index (χ3n) is 10.5. The van der Waals surface area contributed by atoms with Crippen LogP contribution in [-0.2, 0) is 14.3 Å². The highest BCUT2D eigenvalue weighted by molar-refractivity contribution is 5.84. The van der Waals surface area contributed by atoms with Crippen molar-refractivity contribution in [1.29, 1.82) is 0 Å². The van der Waals surface area contributed by atoms with E-state index in [1.54, 1.807) is 0 Å². The van der Waals surface area contributed by atoms with Crippen LogP contribution in [0.1, 0.15) is 44.6 Å². The molecule has 2 bridgehead atoms.